The highest BCUT2D eigenvalue weighted by Gasteiger charge is 2.08. The number of aromatic amines is 1. The number of fused-ring (bicyclic) bond motifs is 1. The normalized spacial score (nSPS) is 10.9. The molecule has 4 aromatic rings. The number of aromatic nitrogens is 2. The van der Waals surface area contributed by atoms with Crippen LogP contribution in [0.2, 0.25) is 5.02 Å². The van der Waals surface area contributed by atoms with Crippen LogP contribution in [0.3, 0.4) is 0 Å². The molecule has 24 heavy (non-hydrogen) atoms. The summed E-state index contributed by atoms with van der Waals surface area (Å²) in [6, 6.07) is 16.0. The third-order valence-electron chi connectivity index (χ3n) is 4.12. The fourth-order valence-corrected chi connectivity index (χ4v) is 3.04. The Hall–Kier alpha value is -2.78. The van der Waals surface area contributed by atoms with E-state index in [4.69, 9.17) is 16.3 Å². The molecule has 2 aromatic carbocycles. The Balaban J connectivity index is 1.78. The number of rotatable bonds is 3. The zero-order valence-electron chi connectivity index (χ0n) is 13.1. The van der Waals surface area contributed by atoms with Crippen LogP contribution in [0, 0.1) is 0 Å². The van der Waals surface area contributed by atoms with E-state index in [1.165, 1.54) is 0 Å². The molecule has 4 heteroatoms. The van der Waals surface area contributed by atoms with Crippen LogP contribution in [0.4, 0.5) is 0 Å². The first-order valence-corrected chi connectivity index (χ1v) is 7.99. The average molecular weight is 335 g/mol. The van der Waals surface area contributed by atoms with Crippen LogP contribution in [0.5, 0.6) is 5.75 Å². The molecule has 0 unspecified atom stereocenters. The number of nitrogens with one attached hydrogen (secondary N) is 1. The molecule has 2 aromatic heterocycles. The van der Waals surface area contributed by atoms with E-state index in [-0.39, 0.29) is 0 Å². The molecule has 0 spiro atoms. The predicted octanol–water partition coefficient (Wildman–Crippen LogP) is 5.56. The molecule has 4 rings (SSSR count). The summed E-state index contributed by atoms with van der Waals surface area (Å²) in [5.74, 6) is 0.844. The van der Waals surface area contributed by atoms with Crippen molar-refractivity contribution in [3.63, 3.8) is 0 Å². The number of hydrogen-bond donors (Lipinski definition) is 1. The Morgan fingerprint density at radius 1 is 0.917 bits per heavy atom. The predicted molar refractivity (Wildman–Crippen MR) is 98.5 cm³/mol. The lowest BCUT2D eigenvalue weighted by Crippen LogP contribution is -1.85. The third kappa shape index (κ3) is 2.63. The molecule has 3 nitrogen and oxygen atoms in total. The first-order valence-electron chi connectivity index (χ1n) is 7.61. The second kappa shape index (κ2) is 6.02. The SMILES string of the molecule is COc1ccc(-c2cncc(-c3c[nH]c4cc(Cl)ccc34)c2)cc1. The fraction of sp³-hybridized carbons (Fsp3) is 0.0500. The minimum atomic E-state index is 0.723. The van der Waals surface area contributed by atoms with E-state index in [1.54, 1.807) is 7.11 Å². The molecule has 0 fully saturated rings. The molecule has 1 N–H and O–H groups in total. The van der Waals surface area contributed by atoms with Gasteiger partial charge in [-0.1, -0.05) is 29.8 Å². The highest BCUT2D eigenvalue weighted by Crippen LogP contribution is 2.32. The quantitative estimate of drug-likeness (QED) is 0.532. The largest absolute Gasteiger partial charge is 0.497 e. The van der Waals surface area contributed by atoms with Crippen LogP contribution in [0.1, 0.15) is 0 Å². The summed E-state index contributed by atoms with van der Waals surface area (Å²) < 4.78 is 5.21. The van der Waals surface area contributed by atoms with Crippen molar-refractivity contribution < 1.29 is 4.74 Å². The number of halogens is 1. The highest BCUT2D eigenvalue weighted by atomic mass is 35.5. The highest BCUT2D eigenvalue weighted by molar-refractivity contribution is 6.31. The lowest BCUT2D eigenvalue weighted by atomic mass is 10.0. The Morgan fingerprint density at radius 3 is 2.50 bits per heavy atom. The van der Waals surface area contributed by atoms with Crippen LogP contribution in [-0.4, -0.2) is 17.1 Å². The summed E-state index contributed by atoms with van der Waals surface area (Å²) in [6.07, 6.45) is 5.75. The third-order valence-corrected chi connectivity index (χ3v) is 4.35. The number of hydrogen-bond acceptors (Lipinski definition) is 2. The van der Waals surface area contributed by atoms with Crippen LogP contribution in [-0.2, 0) is 0 Å². The van der Waals surface area contributed by atoms with E-state index in [1.807, 2.05) is 61.1 Å². The van der Waals surface area contributed by atoms with Crippen LogP contribution < -0.4 is 4.74 Å². The van der Waals surface area contributed by atoms with E-state index < -0.39 is 0 Å². The standard InChI is InChI=1S/C20H15ClN2O/c1-24-17-5-2-13(3-6-17)14-8-15(11-22-10-14)19-12-23-20-9-16(21)4-7-18(19)20/h2-12,23H,1H3. The minimum Gasteiger partial charge on any atom is -0.497 e. The van der Waals surface area contributed by atoms with Gasteiger partial charge in [-0.15, -0.1) is 0 Å². The summed E-state index contributed by atoms with van der Waals surface area (Å²) in [5, 5.41) is 1.86. The average Bonchev–Trinajstić information content (AvgIpc) is 3.05. The maximum atomic E-state index is 6.06. The number of H-pyrrole nitrogens is 1. The minimum absolute atomic E-state index is 0.723. The van der Waals surface area contributed by atoms with Crippen molar-refractivity contribution in [3.05, 3.63) is 72.1 Å². The van der Waals surface area contributed by atoms with Crippen molar-refractivity contribution in [2.45, 2.75) is 0 Å². The zero-order valence-corrected chi connectivity index (χ0v) is 13.8. The molecule has 0 saturated heterocycles. The first kappa shape index (κ1) is 14.8. The van der Waals surface area contributed by atoms with Crippen LogP contribution >= 0.6 is 11.6 Å². The van der Waals surface area contributed by atoms with Gasteiger partial charge in [0.05, 0.1) is 7.11 Å². The van der Waals surface area contributed by atoms with Gasteiger partial charge in [0.15, 0.2) is 0 Å². The summed E-state index contributed by atoms with van der Waals surface area (Å²) in [4.78, 5) is 7.69. The van der Waals surface area contributed by atoms with E-state index in [0.29, 0.717) is 0 Å². The van der Waals surface area contributed by atoms with Gasteiger partial charge < -0.3 is 9.72 Å². The number of methoxy groups -OCH3 is 1. The van der Waals surface area contributed by atoms with Gasteiger partial charge in [-0.3, -0.25) is 4.98 Å². The lowest BCUT2D eigenvalue weighted by Gasteiger charge is -2.06. The Bertz CT molecular complexity index is 1010. The van der Waals surface area contributed by atoms with E-state index in [9.17, 15) is 0 Å². The number of benzene rings is 2. The second-order valence-electron chi connectivity index (χ2n) is 5.58. The number of pyridine rings is 1. The summed E-state index contributed by atoms with van der Waals surface area (Å²) in [5.41, 5.74) is 5.38. The van der Waals surface area contributed by atoms with Crippen molar-refractivity contribution in [2.75, 3.05) is 7.11 Å². The number of ether oxygens (including phenoxy) is 1. The summed E-state index contributed by atoms with van der Waals surface area (Å²) in [7, 11) is 1.67. The van der Waals surface area contributed by atoms with Crippen molar-refractivity contribution in [2.24, 2.45) is 0 Å². The molecule has 0 aliphatic carbocycles. The second-order valence-corrected chi connectivity index (χ2v) is 6.02. The smallest absolute Gasteiger partial charge is 0.118 e. The van der Waals surface area contributed by atoms with Gasteiger partial charge >= 0.3 is 0 Å². The van der Waals surface area contributed by atoms with Gasteiger partial charge in [-0.05, 0) is 35.9 Å². The van der Waals surface area contributed by atoms with Crippen molar-refractivity contribution in [1.82, 2.24) is 9.97 Å². The Kier molecular flexibility index (Phi) is 3.71. The van der Waals surface area contributed by atoms with Crippen LogP contribution in [0.25, 0.3) is 33.2 Å². The summed E-state index contributed by atoms with van der Waals surface area (Å²) in [6.45, 7) is 0. The molecular weight excluding hydrogens is 320 g/mol. The Labute approximate surface area is 144 Å². The van der Waals surface area contributed by atoms with Gasteiger partial charge in [-0.25, -0.2) is 0 Å². The maximum Gasteiger partial charge on any atom is 0.118 e. The topological polar surface area (TPSA) is 37.9 Å². The fourth-order valence-electron chi connectivity index (χ4n) is 2.87. The molecule has 0 aliphatic rings. The number of nitrogens with zero attached hydrogens (tertiary/aromatic N) is 1. The van der Waals surface area contributed by atoms with Gasteiger partial charge in [0.1, 0.15) is 5.75 Å². The van der Waals surface area contributed by atoms with Crippen molar-refractivity contribution >= 4 is 22.5 Å². The monoisotopic (exact) mass is 334 g/mol. The molecular formula is C20H15ClN2O. The van der Waals surface area contributed by atoms with E-state index in [0.717, 1.165) is 43.9 Å². The van der Waals surface area contributed by atoms with Gasteiger partial charge in [-0.2, -0.15) is 0 Å². The molecule has 0 saturated carbocycles. The molecule has 2 heterocycles. The summed E-state index contributed by atoms with van der Waals surface area (Å²) >= 11 is 6.06. The molecule has 0 amide bonds. The lowest BCUT2D eigenvalue weighted by molar-refractivity contribution is 0.415. The van der Waals surface area contributed by atoms with Gasteiger partial charge in [0, 0.05) is 51.2 Å². The van der Waals surface area contributed by atoms with Crippen LogP contribution in [0.15, 0.2) is 67.1 Å². The molecule has 0 radical (unpaired) electrons. The Morgan fingerprint density at radius 2 is 1.71 bits per heavy atom. The molecule has 118 valence electrons. The van der Waals surface area contributed by atoms with Crippen molar-refractivity contribution in [3.8, 4) is 28.0 Å². The zero-order chi connectivity index (χ0) is 16.5. The van der Waals surface area contributed by atoms with Crippen molar-refractivity contribution in [1.29, 1.82) is 0 Å². The molecule has 0 bridgehead atoms. The molecule has 0 atom stereocenters. The molecule has 0 aliphatic heterocycles. The maximum absolute atomic E-state index is 6.06. The van der Waals surface area contributed by atoms with Gasteiger partial charge in [0.25, 0.3) is 0 Å². The van der Waals surface area contributed by atoms with E-state index >= 15 is 0 Å². The first-order chi connectivity index (χ1) is 11.7. The van der Waals surface area contributed by atoms with E-state index in [2.05, 4.69) is 16.0 Å². The van der Waals surface area contributed by atoms with Gasteiger partial charge in [0.2, 0.25) is 0 Å².